The number of rotatable bonds is 12. The van der Waals surface area contributed by atoms with Crippen LogP contribution in [0.2, 0.25) is 0 Å². The Bertz CT molecular complexity index is 863. The fourth-order valence-electron chi connectivity index (χ4n) is 3.77. The molecule has 0 spiro atoms. The molecule has 0 N–H and O–H groups in total. The largest absolute Gasteiger partial charge is 0.484 e. The van der Waals surface area contributed by atoms with Gasteiger partial charge in [0.25, 0.3) is 5.91 Å². The minimum Gasteiger partial charge on any atom is -0.484 e. The first kappa shape index (κ1) is 24.7. The Kier molecular flexibility index (Phi) is 10.2. The van der Waals surface area contributed by atoms with Crippen LogP contribution in [0.15, 0.2) is 53.9 Å². The monoisotopic (exact) mass is 452 g/mol. The molecule has 1 fully saturated rings. The smallest absolute Gasteiger partial charge is 0.260 e. The van der Waals surface area contributed by atoms with E-state index in [1.807, 2.05) is 48.2 Å². The van der Waals surface area contributed by atoms with Gasteiger partial charge in [-0.15, -0.1) is 0 Å². The molecule has 3 rings (SSSR count). The van der Waals surface area contributed by atoms with Crippen LogP contribution in [0.25, 0.3) is 0 Å². The van der Waals surface area contributed by atoms with Crippen molar-refractivity contribution >= 4 is 11.6 Å². The Labute approximate surface area is 197 Å². The average molecular weight is 453 g/mol. The van der Waals surface area contributed by atoms with Crippen molar-refractivity contribution in [3.05, 3.63) is 59.9 Å². The van der Waals surface area contributed by atoms with Crippen molar-refractivity contribution in [3.8, 4) is 5.75 Å². The number of aromatic nitrogens is 1. The van der Waals surface area contributed by atoms with Crippen LogP contribution >= 0.6 is 0 Å². The molecule has 2 heterocycles. The predicted octanol–water partition coefficient (Wildman–Crippen LogP) is 4.13. The van der Waals surface area contributed by atoms with Crippen molar-refractivity contribution in [2.75, 3.05) is 39.3 Å². The van der Waals surface area contributed by atoms with Crippen molar-refractivity contribution in [1.82, 2.24) is 14.8 Å². The van der Waals surface area contributed by atoms with Gasteiger partial charge in [-0.05, 0) is 66.9 Å². The van der Waals surface area contributed by atoms with Gasteiger partial charge < -0.3 is 14.5 Å². The molecule has 1 aromatic heterocycles. The van der Waals surface area contributed by atoms with E-state index in [0.29, 0.717) is 12.4 Å². The highest BCUT2D eigenvalue weighted by Gasteiger charge is 2.21. The van der Waals surface area contributed by atoms with Crippen molar-refractivity contribution < 1.29 is 14.4 Å². The number of benzene rings is 1. The lowest BCUT2D eigenvalue weighted by atomic mass is 10.1. The zero-order valence-electron chi connectivity index (χ0n) is 19.9. The maximum atomic E-state index is 12.5. The van der Waals surface area contributed by atoms with Gasteiger partial charge >= 0.3 is 0 Å². The van der Waals surface area contributed by atoms with Gasteiger partial charge in [-0.1, -0.05) is 31.8 Å². The second-order valence-corrected chi connectivity index (χ2v) is 8.26. The number of carbonyl (C=O) groups is 1. The Morgan fingerprint density at radius 3 is 2.39 bits per heavy atom. The highest BCUT2D eigenvalue weighted by atomic mass is 16.6. The fourth-order valence-corrected chi connectivity index (χ4v) is 3.77. The summed E-state index contributed by atoms with van der Waals surface area (Å²) in [6, 6.07) is 11.5. The number of pyridine rings is 1. The zero-order valence-corrected chi connectivity index (χ0v) is 19.9. The summed E-state index contributed by atoms with van der Waals surface area (Å²) in [6.45, 7) is 9.34. The third-order valence-corrected chi connectivity index (χ3v) is 5.84. The van der Waals surface area contributed by atoms with Gasteiger partial charge in [-0.3, -0.25) is 14.7 Å². The molecular formula is C26H36N4O3. The molecular weight excluding hydrogens is 416 g/mol. The number of carbonyl (C=O) groups excluding carboxylic acids is 1. The second kappa shape index (κ2) is 13.6. The topological polar surface area (TPSA) is 67.3 Å². The molecule has 7 heteroatoms. The molecule has 178 valence electrons. The molecule has 0 radical (unpaired) electrons. The summed E-state index contributed by atoms with van der Waals surface area (Å²) < 4.78 is 5.75. The molecule has 1 aromatic carbocycles. The lowest BCUT2D eigenvalue weighted by molar-refractivity contribution is -0.135. The van der Waals surface area contributed by atoms with Crippen molar-refractivity contribution in [2.24, 2.45) is 5.16 Å². The molecule has 0 atom stereocenters. The summed E-state index contributed by atoms with van der Waals surface area (Å²) in [5, 5.41) is 4.29. The van der Waals surface area contributed by atoms with Gasteiger partial charge in [-0.2, -0.15) is 0 Å². The quantitative estimate of drug-likeness (QED) is 0.275. The molecule has 1 saturated heterocycles. The van der Waals surface area contributed by atoms with Gasteiger partial charge in [0, 0.05) is 38.6 Å². The Morgan fingerprint density at radius 1 is 1.00 bits per heavy atom. The number of amides is 1. The van der Waals surface area contributed by atoms with Crippen LogP contribution in [0.5, 0.6) is 5.75 Å². The van der Waals surface area contributed by atoms with Crippen LogP contribution in [0.1, 0.15) is 50.7 Å². The van der Waals surface area contributed by atoms with Crippen LogP contribution in [0.3, 0.4) is 0 Å². The van der Waals surface area contributed by atoms with Gasteiger partial charge in [0.05, 0.1) is 5.71 Å². The molecule has 0 aliphatic carbocycles. The summed E-state index contributed by atoms with van der Waals surface area (Å²) >= 11 is 0. The normalized spacial score (nSPS) is 14.8. The third kappa shape index (κ3) is 8.17. The Morgan fingerprint density at radius 2 is 1.73 bits per heavy atom. The number of nitrogens with zero attached hydrogens (tertiary/aromatic N) is 4. The minimum absolute atomic E-state index is 0.0487. The van der Waals surface area contributed by atoms with Crippen LogP contribution in [-0.4, -0.2) is 65.7 Å². The van der Waals surface area contributed by atoms with Crippen LogP contribution < -0.4 is 4.74 Å². The highest BCUT2D eigenvalue weighted by molar-refractivity contribution is 6.00. The molecule has 1 aliphatic heterocycles. The summed E-state index contributed by atoms with van der Waals surface area (Å²) in [5.74, 6) is 0.728. The van der Waals surface area contributed by atoms with E-state index >= 15 is 0 Å². The Hall–Kier alpha value is -2.93. The minimum atomic E-state index is 0.0487. The molecule has 1 amide bonds. The number of ether oxygens (including phenoxy) is 1. The first-order valence-corrected chi connectivity index (χ1v) is 12.0. The summed E-state index contributed by atoms with van der Waals surface area (Å²) in [4.78, 5) is 26.4. The molecule has 1 aliphatic rings. The standard InChI is InChI=1S/C26H36N4O3/c1-3-5-6-15-29-16-18-30(19-17-29)26(31)21-32-24-9-7-23(8-10-24)25(4-2)28-33-20-22-11-13-27-14-12-22/h7-14H,3-6,15-21H2,1-2H3. The highest BCUT2D eigenvalue weighted by Crippen LogP contribution is 2.15. The van der Waals surface area contributed by atoms with E-state index in [4.69, 9.17) is 9.57 Å². The van der Waals surface area contributed by atoms with E-state index in [2.05, 4.69) is 22.0 Å². The zero-order chi connectivity index (χ0) is 23.3. The summed E-state index contributed by atoms with van der Waals surface area (Å²) in [5.41, 5.74) is 2.86. The van der Waals surface area contributed by atoms with Crippen LogP contribution in [-0.2, 0) is 16.2 Å². The maximum absolute atomic E-state index is 12.5. The fraction of sp³-hybridized carbons (Fsp3) is 0.500. The molecule has 33 heavy (non-hydrogen) atoms. The lowest BCUT2D eigenvalue weighted by Gasteiger charge is -2.34. The molecule has 2 aromatic rings. The van der Waals surface area contributed by atoms with Crippen molar-refractivity contribution in [1.29, 1.82) is 0 Å². The van der Waals surface area contributed by atoms with Crippen LogP contribution in [0.4, 0.5) is 0 Å². The number of oxime groups is 1. The van der Waals surface area contributed by atoms with Gasteiger partial charge in [0.15, 0.2) is 6.61 Å². The van der Waals surface area contributed by atoms with Gasteiger partial charge in [0.2, 0.25) is 0 Å². The number of hydrogen-bond acceptors (Lipinski definition) is 6. The first-order valence-electron chi connectivity index (χ1n) is 12.0. The third-order valence-electron chi connectivity index (χ3n) is 5.84. The Balaban J connectivity index is 1.42. The van der Waals surface area contributed by atoms with Crippen molar-refractivity contribution in [2.45, 2.75) is 46.1 Å². The molecule has 0 saturated carbocycles. The van der Waals surface area contributed by atoms with Gasteiger partial charge in [-0.25, -0.2) is 0 Å². The first-order chi connectivity index (χ1) is 16.2. The molecule has 0 unspecified atom stereocenters. The molecule has 0 bridgehead atoms. The summed E-state index contributed by atoms with van der Waals surface area (Å²) in [6.07, 6.45) is 7.98. The van der Waals surface area contributed by atoms with E-state index in [1.165, 1.54) is 19.3 Å². The average Bonchev–Trinajstić information content (AvgIpc) is 2.87. The van der Waals surface area contributed by atoms with E-state index in [0.717, 1.165) is 56.0 Å². The SMILES string of the molecule is CCCCCN1CCN(C(=O)COc2ccc(C(CC)=NOCc3ccncc3)cc2)CC1. The van der Waals surface area contributed by atoms with Gasteiger partial charge in [0.1, 0.15) is 12.4 Å². The predicted molar refractivity (Wildman–Crippen MR) is 130 cm³/mol. The lowest BCUT2D eigenvalue weighted by Crippen LogP contribution is -2.50. The van der Waals surface area contributed by atoms with E-state index in [9.17, 15) is 4.79 Å². The van der Waals surface area contributed by atoms with Crippen molar-refractivity contribution in [3.63, 3.8) is 0 Å². The second-order valence-electron chi connectivity index (χ2n) is 8.26. The van der Waals surface area contributed by atoms with E-state index < -0.39 is 0 Å². The maximum Gasteiger partial charge on any atom is 0.260 e. The van der Waals surface area contributed by atoms with Crippen LogP contribution in [0, 0.1) is 0 Å². The number of hydrogen-bond donors (Lipinski definition) is 0. The summed E-state index contributed by atoms with van der Waals surface area (Å²) in [7, 11) is 0. The number of piperazine rings is 1. The van der Waals surface area contributed by atoms with E-state index in [1.54, 1.807) is 12.4 Å². The molecule has 7 nitrogen and oxygen atoms in total. The number of unbranched alkanes of at least 4 members (excludes halogenated alkanes) is 2. The van der Waals surface area contributed by atoms with E-state index in [-0.39, 0.29) is 12.5 Å².